The topological polar surface area (TPSA) is 49.3 Å². The lowest BCUT2D eigenvalue weighted by molar-refractivity contribution is -0.142. The van der Waals surface area contributed by atoms with Gasteiger partial charge in [-0.3, -0.25) is 0 Å². The Hall–Kier alpha value is -1.22. The van der Waals surface area contributed by atoms with Gasteiger partial charge in [0.25, 0.3) is 0 Å². The van der Waals surface area contributed by atoms with Gasteiger partial charge in [0.15, 0.2) is 0 Å². The van der Waals surface area contributed by atoms with E-state index in [4.69, 9.17) is 11.6 Å². The van der Waals surface area contributed by atoms with Crippen molar-refractivity contribution in [1.82, 2.24) is 0 Å². The van der Waals surface area contributed by atoms with E-state index in [9.17, 15) is 9.90 Å². The molecular weight excluding hydrogens is 250 g/mol. The van der Waals surface area contributed by atoms with E-state index in [1.54, 1.807) is 12.1 Å². The lowest BCUT2D eigenvalue weighted by Gasteiger charge is -2.30. The Balaban J connectivity index is 2.93. The molecule has 18 heavy (non-hydrogen) atoms. The highest BCUT2D eigenvalue weighted by molar-refractivity contribution is 6.30. The average Bonchev–Trinajstić information content (AvgIpc) is 2.34. The minimum Gasteiger partial charge on any atom is -0.480 e. The first-order valence-corrected chi connectivity index (χ1v) is 6.69. The predicted molar refractivity (Wildman–Crippen MR) is 75.3 cm³/mol. The van der Waals surface area contributed by atoms with Gasteiger partial charge in [0.2, 0.25) is 0 Å². The maximum absolute atomic E-state index is 11.6. The Bertz CT molecular complexity index is 409. The van der Waals surface area contributed by atoms with E-state index in [1.807, 2.05) is 19.1 Å². The van der Waals surface area contributed by atoms with E-state index >= 15 is 0 Å². The van der Waals surface area contributed by atoms with Crippen molar-refractivity contribution in [2.75, 3.05) is 5.32 Å². The van der Waals surface area contributed by atoms with Crippen LogP contribution in [0.15, 0.2) is 24.3 Å². The summed E-state index contributed by atoms with van der Waals surface area (Å²) in [6, 6.07) is 7.17. The van der Waals surface area contributed by atoms with Crippen LogP contribution in [0.3, 0.4) is 0 Å². The van der Waals surface area contributed by atoms with E-state index in [0.29, 0.717) is 17.9 Å². The number of anilines is 1. The second kappa shape index (κ2) is 6.64. The monoisotopic (exact) mass is 269 g/mol. The standard InChI is InChI=1S/C14H20ClNO2/c1-3-5-9-14(4-2,13(17)18)16-12-8-6-7-11(15)10-12/h6-8,10,16H,3-5,9H2,1-2H3,(H,17,18). The third-order valence-electron chi connectivity index (χ3n) is 3.18. The number of carbonyl (C=O) groups is 1. The van der Waals surface area contributed by atoms with Crippen molar-refractivity contribution in [3.8, 4) is 0 Å². The second-order valence-corrected chi connectivity index (χ2v) is 4.92. The van der Waals surface area contributed by atoms with Crippen LogP contribution in [0.2, 0.25) is 5.02 Å². The fraction of sp³-hybridized carbons (Fsp3) is 0.500. The fourth-order valence-electron chi connectivity index (χ4n) is 1.96. The van der Waals surface area contributed by atoms with Crippen LogP contribution in [-0.2, 0) is 4.79 Å². The highest BCUT2D eigenvalue weighted by atomic mass is 35.5. The first-order chi connectivity index (χ1) is 8.54. The van der Waals surface area contributed by atoms with Crippen LogP contribution < -0.4 is 5.32 Å². The molecule has 1 aromatic rings. The Kier molecular flexibility index (Phi) is 5.48. The molecule has 3 nitrogen and oxygen atoms in total. The van der Waals surface area contributed by atoms with Gasteiger partial charge in [-0.2, -0.15) is 0 Å². The second-order valence-electron chi connectivity index (χ2n) is 4.48. The molecule has 0 radical (unpaired) electrons. The third-order valence-corrected chi connectivity index (χ3v) is 3.41. The molecular formula is C14H20ClNO2. The number of aliphatic carboxylic acids is 1. The van der Waals surface area contributed by atoms with E-state index in [0.717, 1.165) is 18.5 Å². The summed E-state index contributed by atoms with van der Waals surface area (Å²) in [5.74, 6) is -0.807. The molecule has 4 heteroatoms. The van der Waals surface area contributed by atoms with E-state index in [1.165, 1.54) is 0 Å². The number of nitrogens with one attached hydrogen (secondary N) is 1. The number of carboxylic acids is 1. The Morgan fingerprint density at radius 2 is 2.17 bits per heavy atom. The average molecular weight is 270 g/mol. The van der Waals surface area contributed by atoms with Gasteiger partial charge in [-0.05, 0) is 31.0 Å². The summed E-state index contributed by atoms with van der Waals surface area (Å²) in [4.78, 5) is 11.6. The van der Waals surface area contributed by atoms with E-state index in [-0.39, 0.29) is 0 Å². The molecule has 0 bridgehead atoms. The highest BCUT2D eigenvalue weighted by Crippen LogP contribution is 2.26. The van der Waals surface area contributed by atoms with E-state index in [2.05, 4.69) is 12.2 Å². The fourth-order valence-corrected chi connectivity index (χ4v) is 2.15. The molecule has 0 saturated carbocycles. The van der Waals surface area contributed by atoms with E-state index < -0.39 is 11.5 Å². The molecule has 1 rings (SSSR count). The lowest BCUT2D eigenvalue weighted by atomic mass is 9.89. The summed E-state index contributed by atoms with van der Waals surface area (Å²) in [6.45, 7) is 3.95. The van der Waals surface area contributed by atoms with Crippen molar-refractivity contribution in [2.24, 2.45) is 0 Å². The molecule has 0 heterocycles. The molecule has 0 fully saturated rings. The SMILES string of the molecule is CCCCC(CC)(Nc1cccc(Cl)c1)C(=O)O. The van der Waals surface area contributed by atoms with Crippen LogP contribution >= 0.6 is 11.6 Å². The summed E-state index contributed by atoms with van der Waals surface area (Å²) in [5.41, 5.74) is -0.149. The van der Waals surface area contributed by atoms with Gasteiger partial charge >= 0.3 is 5.97 Å². The first-order valence-electron chi connectivity index (χ1n) is 6.31. The van der Waals surface area contributed by atoms with Gasteiger partial charge in [-0.15, -0.1) is 0 Å². The number of hydrogen-bond donors (Lipinski definition) is 2. The molecule has 0 aliphatic heterocycles. The quantitative estimate of drug-likeness (QED) is 0.781. The lowest BCUT2D eigenvalue weighted by Crippen LogP contribution is -2.45. The predicted octanol–water partition coefficient (Wildman–Crippen LogP) is 4.18. The number of rotatable bonds is 7. The Labute approximate surface area is 113 Å². The molecule has 1 unspecified atom stereocenters. The number of halogens is 1. The zero-order valence-corrected chi connectivity index (χ0v) is 11.6. The number of hydrogen-bond acceptors (Lipinski definition) is 2. The molecule has 1 aromatic carbocycles. The molecule has 0 spiro atoms. The van der Waals surface area contributed by atoms with Crippen molar-refractivity contribution in [3.63, 3.8) is 0 Å². The number of unbranched alkanes of at least 4 members (excludes halogenated alkanes) is 1. The minimum absolute atomic E-state index is 0.537. The van der Waals surface area contributed by atoms with Crippen LogP contribution in [0.5, 0.6) is 0 Å². The highest BCUT2D eigenvalue weighted by Gasteiger charge is 2.35. The molecule has 1 atom stereocenters. The van der Waals surface area contributed by atoms with Gasteiger partial charge < -0.3 is 10.4 Å². The van der Waals surface area contributed by atoms with Gasteiger partial charge in [0, 0.05) is 10.7 Å². The van der Waals surface area contributed by atoms with Crippen molar-refractivity contribution in [1.29, 1.82) is 0 Å². The maximum atomic E-state index is 11.6. The Morgan fingerprint density at radius 1 is 1.44 bits per heavy atom. The van der Waals surface area contributed by atoms with Crippen LogP contribution in [0.25, 0.3) is 0 Å². The van der Waals surface area contributed by atoms with Gasteiger partial charge in [0.05, 0.1) is 0 Å². The minimum atomic E-state index is -0.902. The van der Waals surface area contributed by atoms with Gasteiger partial charge in [-0.25, -0.2) is 4.79 Å². The molecule has 0 aliphatic rings. The molecule has 0 aromatic heterocycles. The summed E-state index contributed by atoms with van der Waals surface area (Å²) in [5, 5.41) is 13.2. The zero-order chi connectivity index (χ0) is 13.6. The summed E-state index contributed by atoms with van der Waals surface area (Å²) in [7, 11) is 0. The largest absolute Gasteiger partial charge is 0.480 e. The molecule has 100 valence electrons. The molecule has 0 amide bonds. The normalized spacial score (nSPS) is 13.9. The summed E-state index contributed by atoms with van der Waals surface area (Å²) in [6.07, 6.45) is 3.01. The summed E-state index contributed by atoms with van der Waals surface area (Å²) < 4.78 is 0. The van der Waals surface area contributed by atoms with Crippen molar-refractivity contribution < 1.29 is 9.90 Å². The number of benzene rings is 1. The van der Waals surface area contributed by atoms with Gasteiger partial charge in [-0.1, -0.05) is 44.4 Å². The molecule has 2 N–H and O–H groups in total. The van der Waals surface area contributed by atoms with Crippen LogP contribution in [0.4, 0.5) is 5.69 Å². The maximum Gasteiger partial charge on any atom is 0.329 e. The van der Waals surface area contributed by atoms with Crippen LogP contribution in [-0.4, -0.2) is 16.6 Å². The molecule has 0 aliphatic carbocycles. The number of carboxylic acid groups (broad SMARTS) is 1. The first kappa shape index (κ1) is 14.8. The third kappa shape index (κ3) is 3.64. The van der Waals surface area contributed by atoms with Gasteiger partial charge in [0.1, 0.15) is 5.54 Å². The summed E-state index contributed by atoms with van der Waals surface area (Å²) >= 11 is 5.91. The van der Waals surface area contributed by atoms with Crippen molar-refractivity contribution in [3.05, 3.63) is 29.3 Å². The smallest absolute Gasteiger partial charge is 0.329 e. The molecule has 0 saturated heterocycles. The van der Waals surface area contributed by atoms with Crippen LogP contribution in [0, 0.1) is 0 Å². The van der Waals surface area contributed by atoms with Crippen molar-refractivity contribution in [2.45, 2.75) is 45.1 Å². The Morgan fingerprint density at radius 3 is 2.67 bits per heavy atom. The van der Waals surface area contributed by atoms with Crippen LogP contribution in [0.1, 0.15) is 39.5 Å². The zero-order valence-electron chi connectivity index (χ0n) is 10.9. The van der Waals surface area contributed by atoms with Crippen molar-refractivity contribution >= 4 is 23.3 Å².